The van der Waals surface area contributed by atoms with Gasteiger partial charge in [-0.25, -0.2) is 14.4 Å². The Kier molecular flexibility index (Phi) is 4.45. The van der Waals surface area contributed by atoms with Crippen LogP contribution in [0.2, 0.25) is 0 Å². The molecule has 3 nitrogen and oxygen atoms in total. The second kappa shape index (κ2) is 6.09. The van der Waals surface area contributed by atoms with Crippen LogP contribution in [0, 0.1) is 26.6 Å². The second-order valence-electron chi connectivity index (χ2n) is 5.07. The third kappa shape index (κ3) is 3.20. The van der Waals surface area contributed by atoms with Crippen LogP contribution in [0.1, 0.15) is 22.5 Å². The molecular weight excluding hydrogens is 253 g/mol. The van der Waals surface area contributed by atoms with E-state index in [1.165, 1.54) is 12.1 Å². The van der Waals surface area contributed by atoms with Gasteiger partial charge in [0.15, 0.2) is 5.82 Å². The maximum atomic E-state index is 13.5. The fourth-order valence-corrected chi connectivity index (χ4v) is 2.35. The zero-order chi connectivity index (χ0) is 14.7. The van der Waals surface area contributed by atoms with Crippen molar-refractivity contribution in [1.82, 2.24) is 15.3 Å². The number of likely N-dealkylation sites (N-methyl/N-ethyl adjacent to an activating group) is 1. The number of aromatic nitrogens is 2. The van der Waals surface area contributed by atoms with E-state index in [1.54, 1.807) is 0 Å². The Bertz CT molecular complexity index is 580. The quantitative estimate of drug-likeness (QED) is 0.930. The van der Waals surface area contributed by atoms with Crippen molar-refractivity contribution in [3.63, 3.8) is 0 Å². The van der Waals surface area contributed by atoms with Gasteiger partial charge in [0.25, 0.3) is 0 Å². The van der Waals surface area contributed by atoms with E-state index in [0.717, 1.165) is 41.0 Å². The lowest BCUT2D eigenvalue weighted by atomic mass is 10.1. The molecule has 0 amide bonds. The van der Waals surface area contributed by atoms with E-state index < -0.39 is 0 Å². The lowest BCUT2D eigenvalue weighted by Gasteiger charge is -2.11. The Hall–Kier alpha value is -1.81. The van der Waals surface area contributed by atoms with E-state index in [4.69, 9.17) is 0 Å². The van der Waals surface area contributed by atoms with Crippen LogP contribution in [-0.4, -0.2) is 23.6 Å². The molecule has 0 fully saturated rings. The van der Waals surface area contributed by atoms with Gasteiger partial charge in [-0.1, -0.05) is 0 Å². The van der Waals surface area contributed by atoms with E-state index in [1.807, 2.05) is 33.9 Å². The number of halogens is 1. The number of nitrogens with zero attached hydrogens (tertiary/aromatic N) is 2. The fourth-order valence-electron chi connectivity index (χ4n) is 2.35. The summed E-state index contributed by atoms with van der Waals surface area (Å²) in [7, 11) is 1.93. The maximum absolute atomic E-state index is 13.5. The van der Waals surface area contributed by atoms with Crippen LogP contribution in [0.4, 0.5) is 4.39 Å². The number of aryl methyl sites for hydroxylation is 3. The minimum absolute atomic E-state index is 0.252. The summed E-state index contributed by atoms with van der Waals surface area (Å²) in [4.78, 5) is 9.07. The zero-order valence-corrected chi connectivity index (χ0v) is 12.4. The average molecular weight is 273 g/mol. The molecule has 1 aromatic carbocycles. The van der Waals surface area contributed by atoms with Crippen molar-refractivity contribution in [3.8, 4) is 11.4 Å². The fraction of sp³-hybridized carbons (Fsp3) is 0.375. The summed E-state index contributed by atoms with van der Waals surface area (Å²) in [6.07, 6.45) is 0.899. The lowest BCUT2D eigenvalue weighted by Crippen LogP contribution is -2.13. The average Bonchev–Trinajstić information content (AvgIpc) is 2.36. The summed E-state index contributed by atoms with van der Waals surface area (Å²) < 4.78 is 13.5. The van der Waals surface area contributed by atoms with E-state index in [-0.39, 0.29) is 5.82 Å². The molecule has 0 aliphatic heterocycles. The number of nitrogens with one attached hydrogen (secondary N) is 1. The Morgan fingerprint density at radius 2 is 1.70 bits per heavy atom. The molecule has 0 atom stereocenters. The van der Waals surface area contributed by atoms with Crippen LogP contribution in [0.25, 0.3) is 11.4 Å². The van der Waals surface area contributed by atoms with Gasteiger partial charge in [0.1, 0.15) is 5.82 Å². The van der Waals surface area contributed by atoms with E-state index in [0.29, 0.717) is 5.82 Å². The Morgan fingerprint density at radius 1 is 1.05 bits per heavy atom. The van der Waals surface area contributed by atoms with Gasteiger partial charge in [-0.15, -0.1) is 0 Å². The molecule has 0 unspecified atom stereocenters. The lowest BCUT2D eigenvalue weighted by molar-refractivity contribution is 0.627. The predicted octanol–water partition coefficient (Wildman–Crippen LogP) is 2.97. The van der Waals surface area contributed by atoms with Gasteiger partial charge in [0.05, 0.1) is 0 Å². The zero-order valence-electron chi connectivity index (χ0n) is 12.4. The molecule has 2 rings (SSSR count). The Labute approximate surface area is 119 Å². The van der Waals surface area contributed by atoms with Crippen molar-refractivity contribution in [3.05, 3.63) is 46.5 Å². The highest BCUT2D eigenvalue weighted by Crippen LogP contribution is 2.21. The van der Waals surface area contributed by atoms with Crippen molar-refractivity contribution in [2.75, 3.05) is 13.6 Å². The first-order chi connectivity index (χ1) is 9.51. The molecule has 1 heterocycles. The van der Waals surface area contributed by atoms with Crippen molar-refractivity contribution >= 4 is 0 Å². The monoisotopic (exact) mass is 273 g/mol. The molecule has 0 bridgehead atoms. The maximum Gasteiger partial charge on any atom is 0.159 e. The van der Waals surface area contributed by atoms with Gasteiger partial charge >= 0.3 is 0 Å². The first kappa shape index (κ1) is 14.6. The van der Waals surface area contributed by atoms with Gasteiger partial charge in [0.2, 0.25) is 0 Å². The molecule has 0 saturated heterocycles. The topological polar surface area (TPSA) is 37.8 Å². The third-order valence-electron chi connectivity index (χ3n) is 3.35. The molecule has 20 heavy (non-hydrogen) atoms. The Balaban J connectivity index is 2.43. The first-order valence-electron chi connectivity index (χ1n) is 6.77. The first-order valence-corrected chi connectivity index (χ1v) is 6.77. The molecule has 1 aromatic heterocycles. The molecule has 0 saturated carbocycles. The molecule has 0 aliphatic carbocycles. The summed E-state index contributed by atoms with van der Waals surface area (Å²) in [5.74, 6) is 0.342. The van der Waals surface area contributed by atoms with E-state index in [2.05, 4.69) is 15.3 Å². The standard InChI is InChI=1S/C16H20FN3/c1-10-7-13(9-14(17)8-10)16-19-11(2)15(5-6-18-4)12(3)20-16/h7-9,18H,5-6H2,1-4H3. The van der Waals surface area contributed by atoms with Gasteiger partial charge in [-0.05, 0) is 70.1 Å². The van der Waals surface area contributed by atoms with E-state index >= 15 is 0 Å². The second-order valence-corrected chi connectivity index (χ2v) is 5.07. The summed E-state index contributed by atoms with van der Waals surface area (Å²) in [5.41, 5.74) is 4.69. The minimum Gasteiger partial charge on any atom is -0.319 e. The van der Waals surface area contributed by atoms with Crippen LogP contribution in [-0.2, 0) is 6.42 Å². The number of benzene rings is 1. The third-order valence-corrected chi connectivity index (χ3v) is 3.35. The largest absolute Gasteiger partial charge is 0.319 e. The summed E-state index contributed by atoms with van der Waals surface area (Å²) >= 11 is 0. The van der Waals surface area contributed by atoms with Gasteiger partial charge in [0, 0.05) is 17.0 Å². The van der Waals surface area contributed by atoms with Gasteiger partial charge in [-0.3, -0.25) is 0 Å². The normalized spacial score (nSPS) is 10.8. The van der Waals surface area contributed by atoms with Crippen molar-refractivity contribution in [2.24, 2.45) is 0 Å². The van der Waals surface area contributed by atoms with Crippen molar-refractivity contribution in [2.45, 2.75) is 27.2 Å². The number of hydrogen-bond acceptors (Lipinski definition) is 3. The van der Waals surface area contributed by atoms with E-state index in [9.17, 15) is 4.39 Å². The highest BCUT2D eigenvalue weighted by atomic mass is 19.1. The molecule has 4 heteroatoms. The summed E-state index contributed by atoms with van der Waals surface area (Å²) in [6.45, 7) is 6.72. The molecule has 1 N–H and O–H groups in total. The minimum atomic E-state index is -0.252. The Morgan fingerprint density at radius 3 is 2.25 bits per heavy atom. The highest BCUT2D eigenvalue weighted by Gasteiger charge is 2.10. The molecule has 0 radical (unpaired) electrons. The SMILES string of the molecule is CNCCc1c(C)nc(-c2cc(C)cc(F)c2)nc1C. The molecule has 106 valence electrons. The molecular formula is C16H20FN3. The molecule has 0 aliphatic rings. The molecule has 0 spiro atoms. The van der Waals surface area contributed by atoms with Crippen LogP contribution in [0.15, 0.2) is 18.2 Å². The van der Waals surface area contributed by atoms with Crippen LogP contribution in [0.3, 0.4) is 0 Å². The van der Waals surface area contributed by atoms with Crippen molar-refractivity contribution < 1.29 is 4.39 Å². The summed E-state index contributed by atoms with van der Waals surface area (Å²) in [5, 5.41) is 3.13. The highest BCUT2D eigenvalue weighted by molar-refractivity contribution is 5.57. The van der Waals surface area contributed by atoms with Crippen LogP contribution < -0.4 is 5.32 Å². The van der Waals surface area contributed by atoms with Crippen LogP contribution in [0.5, 0.6) is 0 Å². The molecule has 2 aromatic rings. The number of hydrogen-bond donors (Lipinski definition) is 1. The number of rotatable bonds is 4. The van der Waals surface area contributed by atoms with Gasteiger partial charge < -0.3 is 5.32 Å². The predicted molar refractivity (Wildman–Crippen MR) is 79.3 cm³/mol. The van der Waals surface area contributed by atoms with Gasteiger partial charge in [-0.2, -0.15) is 0 Å². The van der Waals surface area contributed by atoms with Crippen LogP contribution >= 0.6 is 0 Å². The smallest absolute Gasteiger partial charge is 0.159 e. The van der Waals surface area contributed by atoms with Crippen molar-refractivity contribution in [1.29, 1.82) is 0 Å². The summed E-state index contributed by atoms with van der Waals surface area (Å²) in [6, 6.07) is 4.89.